The fourth-order valence-corrected chi connectivity index (χ4v) is 3.02. The summed E-state index contributed by atoms with van der Waals surface area (Å²) in [4.78, 5) is 15.2. The molecular formula is C20H18F5N5O2. The third-order valence-electron chi connectivity index (χ3n) is 4.60. The van der Waals surface area contributed by atoms with Crippen molar-refractivity contribution in [1.82, 2.24) is 25.3 Å². The Bertz CT molecular complexity index is 1010. The van der Waals surface area contributed by atoms with E-state index in [9.17, 15) is 18.0 Å². The van der Waals surface area contributed by atoms with Gasteiger partial charge in [0.25, 0.3) is 5.92 Å². The molecule has 1 amide bonds. The largest absolute Gasteiger partial charge is 0.477 e. The summed E-state index contributed by atoms with van der Waals surface area (Å²) in [7, 11) is 0. The molecule has 32 heavy (non-hydrogen) atoms. The summed E-state index contributed by atoms with van der Waals surface area (Å²) >= 11 is 0. The van der Waals surface area contributed by atoms with Crippen molar-refractivity contribution in [3.63, 3.8) is 0 Å². The first-order valence-corrected chi connectivity index (χ1v) is 9.39. The lowest BCUT2D eigenvalue weighted by molar-refractivity contribution is -0.137. The van der Waals surface area contributed by atoms with Crippen LogP contribution in [0.25, 0.3) is 5.69 Å². The maximum absolute atomic E-state index is 15.2. The van der Waals surface area contributed by atoms with Crippen LogP contribution in [0.1, 0.15) is 23.5 Å². The van der Waals surface area contributed by atoms with E-state index in [0.29, 0.717) is 12.6 Å². The van der Waals surface area contributed by atoms with Crippen LogP contribution in [0, 0.1) is 0 Å². The lowest BCUT2D eigenvalue weighted by atomic mass is 9.90. The van der Waals surface area contributed by atoms with E-state index in [1.807, 2.05) is 0 Å². The molecule has 12 heteroatoms. The second-order valence-electron chi connectivity index (χ2n) is 6.71. The Kier molecular flexibility index (Phi) is 7.01. The van der Waals surface area contributed by atoms with E-state index in [4.69, 9.17) is 4.74 Å². The maximum Gasteiger partial charge on any atom is 0.417 e. The van der Waals surface area contributed by atoms with Crippen LogP contribution in [0.4, 0.5) is 22.0 Å². The molecule has 0 aliphatic heterocycles. The highest BCUT2D eigenvalue weighted by Gasteiger charge is 2.42. The summed E-state index contributed by atoms with van der Waals surface area (Å²) in [6, 6.07) is 7.93. The van der Waals surface area contributed by atoms with Gasteiger partial charge in [-0.15, -0.1) is 0 Å². The van der Waals surface area contributed by atoms with Crippen molar-refractivity contribution >= 4 is 6.41 Å². The standard InChI is InChI=1S/C20H18F5N5O2/c21-19(22,7-8-26-13-31)16(12-32-18-6-5-14(11-27-18)20(23,24)25)15-3-1-2-4-17(15)30-28-9-10-29-30/h1-6,9-11,13,16H,7-8,12H2,(H,26,31). The number of halogens is 5. The average molecular weight is 455 g/mol. The van der Waals surface area contributed by atoms with Crippen molar-refractivity contribution in [2.45, 2.75) is 24.4 Å². The number of benzene rings is 1. The third kappa shape index (κ3) is 5.56. The lowest BCUT2D eigenvalue weighted by Gasteiger charge is -2.28. The molecule has 0 aliphatic rings. The van der Waals surface area contributed by atoms with Crippen molar-refractivity contribution < 1.29 is 31.5 Å². The molecule has 0 radical (unpaired) electrons. The van der Waals surface area contributed by atoms with Gasteiger partial charge in [-0.3, -0.25) is 4.79 Å². The number of carbonyl (C=O) groups is 1. The molecule has 1 N–H and O–H groups in total. The van der Waals surface area contributed by atoms with E-state index >= 15 is 8.78 Å². The monoisotopic (exact) mass is 455 g/mol. The summed E-state index contributed by atoms with van der Waals surface area (Å²) < 4.78 is 73.9. The minimum atomic E-state index is -4.58. The summed E-state index contributed by atoms with van der Waals surface area (Å²) in [5.74, 6) is -5.13. The van der Waals surface area contributed by atoms with Crippen LogP contribution in [-0.2, 0) is 11.0 Å². The molecule has 1 atom stereocenters. The van der Waals surface area contributed by atoms with E-state index in [0.717, 1.165) is 12.1 Å². The first-order chi connectivity index (χ1) is 15.2. The van der Waals surface area contributed by atoms with Gasteiger partial charge in [-0.05, 0) is 17.7 Å². The summed E-state index contributed by atoms with van der Waals surface area (Å²) in [6.07, 6.45) is -1.61. The Hall–Kier alpha value is -3.57. The van der Waals surface area contributed by atoms with Crippen molar-refractivity contribution in [3.05, 3.63) is 66.1 Å². The zero-order valence-corrected chi connectivity index (χ0v) is 16.5. The Morgan fingerprint density at radius 3 is 2.41 bits per heavy atom. The predicted octanol–water partition coefficient (Wildman–Crippen LogP) is 3.62. The Labute approximate surface area is 179 Å². The number of pyridine rings is 1. The first-order valence-electron chi connectivity index (χ1n) is 9.39. The zero-order chi connectivity index (χ0) is 23.2. The molecule has 0 fully saturated rings. The number of ether oxygens (including phenoxy) is 1. The van der Waals surface area contributed by atoms with Crippen molar-refractivity contribution in [2.75, 3.05) is 13.2 Å². The molecule has 0 saturated heterocycles. The third-order valence-corrected chi connectivity index (χ3v) is 4.60. The predicted molar refractivity (Wildman–Crippen MR) is 102 cm³/mol. The Morgan fingerprint density at radius 1 is 1.06 bits per heavy atom. The zero-order valence-electron chi connectivity index (χ0n) is 16.5. The quantitative estimate of drug-likeness (QED) is 0.287. The summed E-state index contributed by atoms with van der Waals surface area (Å²) in [5, 5.41) is 10.2. The number of hydrogen-bond acceptors (Lipinski definition) is 5. The fraction of sp³-hybridized carbons (Fsp3) is 0.300. The smallest absolute Gasteiger partial charge is 0.417 e. The highest BCUT2D eigenvalue weighted by molar-refractivity contribution is 5.46. The molecule has 0 spiro atoms. The number of nitrogens with zero attached hydrogens (tertiary/aromatic N) is 4. The van der Waals surface area contributed by atoms with Gasteiger partial charge in [-0.1, -0.05) is 18.2 Å². The van der Waals surface area contributed by atoms with Crippen LogP contribution in [0.2, 0.25) is 0 Å². The number of carbonyl (C=O) groups excluding carboxylic acids is 1. The van der Waals surface area contributed by atoms with Gasteiger partial charge in [0.15, 0.2) is 0 Å². The summed E-state index contributed by atoms with van der Waals surface area (Å²) in [6.45, 7) is -0.877. The molecular weight excluding hydrogens is 437 g/mol. The molecule has 2 aromatic heterocycles. The van der Waals surface area contributed by atoms with Gasteiger partial charge in [-0.2, -0.15) is 28.2 Å². The molecule has 0 bridgehead atoms. The van der Waals surface area contributed by atoms with Crippen molar-refractivity contribution in [2.24, 2.45) is 0 Å². The number of amides is 1. The van der Waals surface area contributed by atoms with E-state index < -0.39 is 36.6 Å². The van der Waals surface area contributed by atoms with Crippen LogP contribution in [0.3, 0.4) is 0 Å². The molecule has 2 heterocycles. The molecule has 3 rings (SSSR count). The van der Waals surface area contributed by atoms with Crippen LogP contribution in [0.15, 0.2) is 55.0 Å². The van der Waals surface area contributed by atoms with Crippen LogP contribution in [-0.4, -0.2) is 45.5 Å². The Morgan fingerprint density at radius 2 is 1.78 bits per heavy atom. The van der Waals surface area contributed by atoms with Crippen LogP contribution < -0.4 is 10.1 Å². The number of aromatic nitrogens is 4. The van der Waals surface area contributed by atoms with Gasteiger partial charge in [0.1, 0.15) is 6.61 Å². The number of para-hydroxylation sites is 1. The Balaban J connectivity index is 1.90. The second kappa shape index (κ2) is 9.71. The van der Waals surface area contributed by atoms with Gasteiger partial charge in [-0.25, -0.2) is 13.8 Å². The molecule has 0 aliphatic carbocycles. The molecule has 1 unspecified atom stereocenters. The fourth-order valence-electron chi connectivity index (χ4n) is 3.02. The van der Waals surface area contributed by atoms with Gasteiger partial charge < -0.3 is 10.1 Å². The molecule has 170 valence electrons. The number of hydrogen-bond donors (Lipinski definition) is 1. The first kappa shape index (κ1) is 23.1. The van der Waals surface area contributed by atoms with Crippen LogP contribution in [0.5, 0.6) is 5.88 Å². The number of rotatable bonds is 10. The van der Waals surface area contributed by atoms with Gasteiger partial charge in [0, 0.05) is 25.2 Å². The maximum atomic E-state index is 15.2. The average Bonchev–Trinajstić information content (AvgIpc) is 3.29. The molecule has 3 aromatic rings. The minimum absolute atomic E-state index is 0.159. The van der Waals surface area contributed by atoms with Gasteiger partial charge in [0.2, 0.25) is 12.3 Å². The van der Waals surface area contributed by atoms with Crippen molar-refractivity contribution in [1.29, 1.82) is 0 Å². The van der Waals surface area contributed by atoms with Gasteiger partial charge in [0.05, 0.1) is 29.6 Å². The number of alkyl halides is 5. The molecule has 1 aromatic carbocycles. The summed E-state index contributed by atoms with van der Waals surface area (Å²) in [5.41, 5.74) is -0.539. The molecule has 0 saturated carbocycles. The van der Waals surface area contributed by atoms with E-state index in [2.05, 4.69) is 20.5 Å². The van der Waals surface area contributed by atoms with E-state index in [-0.39, 0.29) is 23.7 Å². The lowest BCUT2D eigenvalue weighted by Crippen LogP contribution is -2.35. The number of nitrogens with one attached hydrogen (secondary N) is 1. The normalized spacial score (nSPS) is 12.9. The van der Waals surface area contributed by atoms with Gasteiger partial charge >= 0.3 is 6.18 Å². The van der Waals surface area contributed by atoms with Crippen molar-refractivity contribution in [3.8, 4) is 11.6 Å². The highest BCUT2D eigenvalue weighted by atomic mass is 19.4. The SMILES string of the molecule is O=CNCCC(F)(F)C(COc1ccc(C(F)(F)F)cn1)c1ccccc1-n1nccn1. The minimum Gasteiger partial charge on any atom is -0.477 e. The second-order valence-corrected chi connectivity index (χ2v) is 6.71. The van der Waals surface area contributed by atoms with E-state index in [1.165, 1.54) is 23.3 Å². The van der Waals surface area contributed by atoms with E-state index in [1.54, 1.807) is 18.2 Å². The van der Waals surface area contributed by atoms with Crippen LogP contribution >= 0.6 is 0 Å². The topological polar surface area (TPSA) is 81.9 Å². The highest BCUT2D eigenvalue weighted by Crippen LogP contribution is 2.39. The molecule has 7 nitrogen and oxygen atoms in total.